The van der Waals surface area contributed by atoms with Crippen LogP contribution in [0.5, 0.6) is 0 Å². The summed E-state index contributed by atoms with van der Waals surface area (Å²) in [6.07, 6.45) is -0.155. The van der Waals surface area contributed by atoms with Crippen LogP contribution in [0.25, 0.3) is 0 Å². The van der Waals surface area contributed by atoms with Crippen molar-refractivity contribution in [2.24, 2.45) is 56.7 Å². The van der Waals surface area contributed by atoms with Crippen molar-refractivity contribution < 1.29 is 50.0 Å². The van der Waals surface area contributed by atoms with Crippen LogP contribution in [-0.2, 0) is 14.3 Å². The van der Waals surface area contributed by atoms with Gasteiger partial charge in [0.15, 0.2) is 0 Å². The molecule has 0 amide bonds. The summed E-state index contributed by atoms with van der Waals surface area (Å²) in [5.74, 6) is -1.02. The lowest BCUT2D eigenvalue weighted by Crippen LogP contribution is -2.70. The third-order valence-corrected chi connectivity index (χ3v) is 15.5. The summed E-state index contributed by atoms with van der Waals surface area (Å²) in [6, 6.07) is 0. The molecule has 0 unspecified atom stereocenters. The summed E-state index contributed by atoms with van der Waals surface area (Å²) in [6.45, 7) is 14.4. The van der Waals surface area contributed by atoms with Gasteiger partial charge in [-0.15, -0.1) is 0 Å². The second-order valence-corrected chi connectivity index (χ2v) is 17.8. The first-order valence-corrected chi connectivity index (χ1v) is 17.5. The average Bonchev–Trinajstić information content (AvgIpc) is 2.98. The molecular formula is C36H58O10. The topological polar surface area (TPSA) is 177 Å². The number of fused-ring (bicyclic) bond motifs is 7. The lowest BCUT2D eigenvalue weighted by molar-refractivity contribution is -0.303. The SMILES string of the molecule is C[C@@H]1CC[C@]2(C(=O)O[C@@H]3O[C@H](CO)[C@@H](O)[C@H](O)[C@H]3O)CC[C@]3(C)[C@H](C=C[C@@H]4[C@@]5(C)C[C@@H](O)[C@H](O)C(C)(C)[C@@H]5CC[C@]43C)[C@@H]2[C@]1(C)O. The van der Waals surface area contributed by atoms with Gasteiger partial charge in [0.2, 0.25) is 6.29 Å². The van der Waals surface area contributed by atoms with Gasteiger partial charge in [0.05, 0.1) is 29.8 Å². The molecule has 1 aliphatic heterocycles. The summed E-state index contributed by atoms with van der Waals surface area (Å²) in [5, 5.41) is 75.6. The Morgan fingerprint density at radius 2 is 1.54 bits per heavy atom. The molecule has 10 nitrogen and oxygen atoms in total. The molecule has 5 aliphatic carbocycles. The highest BCUT2D eigenvalue weighted by Crippen LogP contribution is 2.76. The Morgan fingerprint density at radius 1 is 0.870 bits per heavy atom. The van der Waals surface area contributed by atoms with Crippen molar-refractivity contribution in [2.45, 2.75) is 142 Å². The predicted octanol–water partition coefficient (Wildman–Crippen LogP) is 2.29. The fourth-order valence-electron chi connectivity index (χ4n) is 12.4. The summed E-state index contributed by atoms with van der Waals surface area (Å²) < 4.78 is 11.5. The Kier molecular flexibility index (Phi) is 8.27. The van der Waals surface area contributed by atoms with E-state index in [4.69, 9.17) is 9.47 Å². The number of allylic oxidation sites excluding steroid dienone is 2. The van der Waals surface area contributed by atoms with Crippen molar-refractivity contribution in [1.82, 2.24) is 0 Å². The van der Waals surface area contributed by atoms with Crippen molar-refractivity contribution in [2.75, 3.05) is 6.61 Å². The van der Waals surface area contributed by atoms with Crippen molar-refractivity contribution in [3.8, 4) is 0 Å². The van der Waals surface area contributed by atoms with Crippen molar-refractivity contribution in [1.29, 1.82) is 0 Å². The van der Waals surface area contributed by atoms with E-state index in [9.17, 15) is 40.5 Å². The van der Waals surface area contributed by atoms with Crippen LogP contribution in [-0.4, -0.2) is 96.8 Å². The highest BCUT2D eigenvalue weighted by molar-refractivity contribution is 5.78. The van der Waals surface area contributed by atoms with E-state index >= 15 is 0 Å². The summed E-state index contributed by atoms with van der Waals surface area (Å²) in [7, 11) is 0. The molecule has 0 bridgehead atoms. The number of esters is 1. The van der Waals surface area contributed by atoms with Crippen LogP contribution in [0, 0.1) is 56.7 Å². The van der Waals surface area contributed by atoms with Crippen LogP contribution < -0.4 is 0 Å². The monoisotopic (exact) mass is 650 g/mol. The predicted molar refractivity (Wildman–Crippen MR) is 168 cm³/mol. The number of aliphatic hydroxyl groups is 7. The van der Waals surface area contributed by atoms with Crippen LogP contribution >= 0.6 is 0 Å². The number of aliphatic hydroxyl groups excluding tert-OH is 6. The summed E-state index contributed by atoms with van der Waals surface area (Å²) in [4.78, 5) is 14.5. The van der Waals surface area contributed by atoms with Crippen molar-refractivity contribution in [3.63, 3.8) is 0 Å². The van der Waals surface area contributed by atoms with Gasteiger partial charge in [0.25, 0.3) is 0 Å². The van der Waals surface area contributed by atoms with E-state index in [1.54, 1.807) is 0 Å². The summed E-state index contributed by atoms with van der Waals surface area (Å²) >= 11 is 0. The molecule has 1 heterocycles. The van der Waals surface area contributed by atoms with Gasteiger partial charge in [-0.3, -0.25) is 4.79 Å². The van der Waals surface area contributed by atoms with E-state index in [-0.39, 0.29) is 39.9 Å². The fraction of sp³-hybridized carbons (Fsp3) is 0.917. The molecule has 46 heavy (non-hydrogen) atoms. The molecule has 10 heteroatoms. The molecule has 17 atom stereocenters. The van der Waals surface area contributed by atoms with Crippen LogP contribution in [0.15, 0.2) is 12.2 Å². The van der Waals surface area contributed by atoms with Crippen molar-refractivity contribution >= 4 is 5.97 Å². The molecule has 5 fully saturated rings. The quantitative estimate of drug-likeness (QED) is 0.177. The minimum absolute atomic E-state index is 0.0870. The first-order valence-electron chi connectivity index (χ1n) is 17.5. The maximum Gasteiger partial charge on any atom is 0.314 e. The van der Waals surface area contributed by atoms with Crippen LogP contribution in [0.4, 0.5) is 0 Å². The van der Waals surface area contributed by atoms with E-state index in [0.717, 1.165) is 12.8 Å². The van der Waals surface area contributed by atoms with Gasteiger partial charge >= 0.3 is 5.97 Å². The van der Waals surface area contributed by atoms with E-state index in [0.29, 0.717) is 32.1 Å². The number of ether oxygens (including phenoxy) is 2. The second kappa shape index (κ2) is 10.9. The molecular weight excluding hydrogens is 592 g/mol. The Labute approximate surface area is 273 Å². The first kappa shape index (κ1) is 34.7. The number of carbonyl (C=O) groups is 1. The van der Waals surface area contributed by atoms with E-state index in [1.165, 1.54) is 0 Å². The Hall–Kier alpha value is -1.11. The molecule has 6 aliphatic rings. The van der Waals surface area contributed by atoms with Gasteiger partial charge in [0.1, 0.15) is 24.4 Å². The fourth-order valence-corrected chi connectivity index (χ4v) is 12.4. The molecule has 0 spiro atoms. The number of hydrogen-bond acceptors (Lipinski definition) is 10. The first-order chi connectivity index (χ1) is 21.2. The van der Waals surface area contributed by atoms with E-state index < -0.39 is 77.8 Å². The van der Waals surface area contributed by atoms with Crippen LogP contribution in [0.3, 0.4) is 0 Å². The van der Waals surface area contributed by atoms with Gasteiger partial charge in [-0.1, -0.05) is 53.7 Å². The zero-order valence-corrected chi connectivity index (χ0v) is 28.6. The molecule has 0 aromatic rings. The molecule has 0 aromatic carbocycles. The maximum atomic E-state index is 14.5. The lowest BCUT2D eigenvalue weighted by Gasteiger charge is -2.72. The smallest absolute Gasteiger partial charge is 0.314 e. The summed E-state index contributed by atoms with van der Waals surface area (Å²) in [5.41, 5.74) is -3.51. The third-order valence-electron chi connectivity index (χ3n) is 15.5. The van der Waals surface area contributed by atoms with Gasteiger partial charge in [-0.25, -0.2) is 0 Å². The second-order valence-electron chi connectivity index (χ2n) is 17.8. The maximum absolute atomic E-state index is 14.5. The zero-order valence-electron chi connectivity index (χ0n) is 28.6. The number of rotatable bonds is 3. The van der Waals surface area contributed by atoms with Crippen molar-refractivity contribution in [3.05, 3.63) is 12.2 Å². The Balaban J connectivity index is 1.39. The van der Waals surface area contributed by atoms with Gasteiger partial charge in [-0.05, 0) is 97.2 Å². The van der Waals surface area contributed by atoms with E-state index in [1.807, 2.05) is 13.8 Å². The average molecular weight is 651 g/mol. The van der Waals surface area contributed by atoms with Gasteiger partial charge < -0.3 is 45.2 Å². The molecule has 0 radical (unpaired) electrons. The number of hydrogen-bond donors (Lipinski definition) is 7. The molecule has 1 saturated heterocycles. The van der Waals surface area contributed by atoms with Crippen LogP contribution in [0.2, 0.25) is 0 Å². The number of carbonyl (C=O) groups excluding carboxylic acids is 1. The molecule has 262 valence electrons. The third kappa shape index (κ3) is 4.39. The molecule has 6 rings (SSSR count). The van der Waals surface area contributed by atoms with Gasteiger partial charge in [-0.2, -0.15) is 0 Å². The molecule has 0 aromatic heterocycles. The Bertz CT molecular complexity index is 1230. The van der Waals surface area contributed by atoms with E-state index in [2.05, 4.69) is 46.8 Å². The highest BCUT2D eigenvalue weighted by Gasteiger charge is 2.73. The standard InChI is InChI=1S/C36H58O10/c1-18-10-13-36(30(43)46-29-26(41)25(40)24(39)21(17-37)45-29)15-14-33(5)19(27(36)35(18,7)44)8-9-23-32(4)16-20(38)28(42)31(2,3)22(32)11-12-34(23,33)6/h8-9,18-29,37-42,44H,10-17H2,1-7H3/t18-,19-,20-,21-,22+,23-,24-,25+,26-,27-,28+,29+,32+,33-,34-,35-,36+/m1/s1. The zero-order chi connectivity index (χ0) is 34.0. The highest BCUT2D eigenvalue weighted by atomic mass is 16.7. The van der Waals surface area contributed by atoms with Crippen LogP contribution in [0.1, 0.15) is 93.4 Å². The normalized spacial score (nSPS) is 57.8. The minimum atomic E-state index is -1.70. The van der Waals surface area contributed by atoms with Gasteiger partial charge in [0, 0.05) is 5.92 Å². The lowest BCUT2D eigenvalue weighted by atomic mass is 9.32. The molecule has 4 saturated carbocycles. The minimum Gasteiger partial charge on any atom is -0.432 e. The largest absolute Gasteiger partial charge is 0.432 e. The Morgan fingerprint density at radius 3 is 2.20 bits per heavy atom. The molecule has 7 N–H and O–H groups in total.